The summed E-state index contributed by atoms with van der Waals surface area (Å²) in [6, 6.07) is 4.18. The lowest BCUT2D eigenvalue weighted by Gasteiger charge is -2.34. The Morgan fingerprint density at radius 3 is 2.93 bits per heavy atom. The number of nitrogens with zero attached hydrogens (tertiary/aromatic N) is 2. The maximum absolute atomic E-state index is 5.61. The first kappa shape index (κ1) is 10.4. The van der Waals surface area contributed by atoms with Gasteiger partial charge in [0.1, 0.15) is 0 Å². The zero-order chi connectivity index (χ0) is 10.5. The first-order valence-corrected chi connectivity index (χ1v) is 5.75. The molecule has 1 aromatic heterocycles. The molecule has 1 unspecified atom stereocenters. The first-order valence-electron chi connectivity index (χ1n) is 5.75. The molecule has 1 aliphatic heterocycles. The number of aromatic nitrogens is 1. The summed E-state index contributed by atoms with van der Waals surface area (Å²) in [5.74, 6) is 0.775. The molecule has 82 valence electrons. The Bertz CT molecular complexity index is 284. The van der Waals surface area contributed by atoms with E-state index in [9.17, 15) is 0 Å². The second kappa shape index (κ2) is 5.12. The molecule has 0 radical (unpaired) electrons. The molecular weight excluding hydrogens is 186 g/mol. The third kappa shape index (κ3) is 2.69. The molecule has 0 spiro atoms. The van der Waals surface area contributed by atoms with Crippen molar-refractivity contribution in [3.63, 3.8) is 0 Å². The molecule has 0 amide bonds. The minimum atomic E-state index is 0.775. The van der Waals surface area contributed by atoms with Gasteiger partial charge in [0, 0.05) is 31.2 Å². The van der Waals surface area contributed by atoms with Crippen molar-refractivity contribution in [2.75, 3.05) is 24.5 Å². The molecule has 3 nitrogen and oxygen atoms in total. The number of rotatable bonds is 3. The summed E-state index contributed by atoms with van der Waals surface area (Å²) in [5, 5.41) is 0. The Morgan fingerprint density at radius 2 is 2.20 bits per heavy atom. The Morgan fingerprint density at radius 1 is 1.40 bits per heavy atom. The maximum atomic E-state index is 5.61. The fraction of sp³-hybridized carbons (Fsp3) is 0.583. The predicted molar refractivity (Wildman–Crippen MR) is 62.8 cm³/mol. The van der Waals surface area contributed by atoms with Crippen molar-refractivity contribution in [3.05, 3.63) is 24.5 Å². The molecule has 2 heterocycles. The summed E-state index contributed by atoms with van der Waals surface area (Å²) in [6.07, 6.45) is 7.50. The highest BCUT2D eigenvalue weighted by molar-refractivity contribution is 5.44. The largest absolute Gasteiger partial charge is 0.371 e. The fourth-order valence-corrected chi connectivity index (χ4v) is 2.33. The van der Waals surface area contributed by atoms with Gasteiger partial charge in [-0.05, 0) is 43.9 Å². The van der Waals surface area contributed by atoms with Crippen LogP contribution in [-0.2, 0) is 0 Å². The van der Waals surface area contributed by atoms with E-state index >= 15 is 0 Å². The molecule has 1 fully saturated rings. The van der Waals surface area contributed by atoms with E-state index in [1.165, 1.54) is 25.1 Å². The molecule has 1 saturated heterocycles. The maximum Gasteiger partial charge on any atom is 0.0397 e. The zero-order valence-electron chi connectivity index (χ0n) is 9.10. The van der Waals surface area contributed by atoms with Crippen LogP contribution in [0.5, 0.6) is 0 Å². The van der Waals surface area contributed by atoms with E-state index < -0.39 is 0 Å². The van der Waals surface area contributed by atoms with Gasteiger partial charge in [-0.15, -0.1) is 0 Å². The Balaban J connectivity index is 1.98. The second-order valence-corrected chi connectivity index (χ2v) is 4.24. The van der Waals surface area contributed by atoms with Gasteiger partial charge in [-0.3, -0.25) is 4.98 Å². The minimum Gasteiger partial charge on any atom is -0.371 e. The summed E-state index contributed by atoms with van der Waals surface area (Å²) in [6.45, 7) is 3.14. The van der Waals surface area contributed by atoms with Gasteiger partial charge in [-0.25, -0.2) is 0 Å². The van der Waals surface area contributed by atoms with Crippen LogP contribution in [0.1, 0.15) is 19.3 Å². The van der Waals surface area contributed by atoms with Crippen LogP contribution >= 0.6 is 0 Å². The highest BCUT2D eigenvalue weighted by atomic mass is 15.1. The van der Waals surface area contributed by atoms with Crippen LogP contribution in [0, 0.1) is 5.92 Å². The number of pyridine rings is 1. The number of nitrogens with two attached hydrogens (primary N) is 1. The minimum absolute atomic E-state index is 0.775. The molecule has 0 saturated carbocycles. The number of hydrogen-bond acceptors (Lipinski definition) is 3. The SMILES string of the molecule is NCCC1CCCN(c2ccncc2)C1. The number of hydrogen-bond donors (Lipinski definition) is 1. The van der Waals surface area contributed by atoms with Gasteiger partial charge in [-0.2, -0.15) is 0 Å². The van der Waals surface area contributed by atoms with Crippen molar-refractivity contribution >= 4 is 5.69 Å². The van der Waals surface area contributed by atoms with E-state index in [1.807, 2.05) is 12.4 Å². The summed E-state index contributed by atoms with van der Waals surface area (Å²) >= 11 is 0. The predicted octanol–water partition coefficient (Wildman–Crippen LogP) is 1.65. The van der Waals surface area contributed by atoms with E-state index in [4.69, 9.17) is 5.73 Å². The van der Waals surface area contributed by atoms with Crippen LogP contribution in [0.4, 0.5) is 5.69 Å². The van der Waals surface area contributed by atoms with Crippen LogP contribution < -0.4 is 10.6 Å². The second-order valence-electron chi connectivity index (χ2n) is 4.24. The lowest BCUT2D eigenvalue weighted by atomic mass is 9.94. The van der Waals surface area contributed by atoms with Crippen LogP contribution in [-0.4, -0.2) is 24.6 Å². The van der Waals surface area contributed by atoms with Crippen molar-refractivity contribution in [3.8, 4) is 0 Å². The molecule has 3 heteroatoms. The molecule has 0 aromatic carbocycles. The molecule has 0 bridgehead atoms. The molecule has 2 rings (SSSR count). The highest BCUT2D eigenvalue weighted by Crippen LogP contribution is 2.23. The van der Waals surface area contributed by atoms with E-state index in [-0.39, 0.29) is 0 Å². The van der Waals surface area contributed by atoms with Gasteiger partial charge in [0.25, 0.3) is 0 Å². The van der Waals surface area contributed by atoms with Crippen molar-refractivity contribution in [1.82, 2.24) is 4.98 Å². The van der Waals surface area contributed by atoms with Gasteiger partial charge in [0.2, 0.25) is 0 Å². The monoisotopic (exact) mass is 205 g/mol. The van der Waals surface area contributed by atoms with E-state index in [0.29, 0.717) is 0 Å². The first-order chi connectivity index (χ1) is 7.40. The van der Waals surface area contributed by atoms with Gasteiger partial charge >= 0.3 is 0 Å². The molecule has 15 heavy (non-hydrogen) atoms. The molecule has 1 aromatic rings. The van der Waals surface area contributed by atoms with Crippen LogP contribution in [0.2, 0.25) is 0 Å². The van der Waals surface area contributed by atoms with Crippen molar-refractivity contribution in [2.24, 2.45) is 11.7 Å². The molecule has 2 N–H and O–H groups in total. The molecular formula is C12H19N3. The topological polar surface area (TPSA) is 42.1 Å². The van der Waals surface area contributed by atoms with Gasteiger partial charge in [0.15, 0.2) is 0 Å². The highest BCUT2D eigenvalue weighted by Gasteiger charge is 2.19. The van der Waals surface area contributed by atoms with Crippen LogP contribution in [0.25, 0.3) is 0 Å². The van der Waals surface area contributed by atoms with E-state index in [0.717, 1.165) is 25.4 Å². The van der Waals surface area contributed by atoms with E-state index in [2.05, 4.69) is 22.0 Å². The molecule has 0 aliphatic carbocycles. The molecule has 1 atom stereocenters. The summed E-state index contributed by atoms with van der Waals surface area (Å²) in [4.78, 5) is 6.50. The van der Waals surface area contributed by atoms with Gasteiger partial charge in [-0.1, -0.05) is 0 Å². The third-order valence-corrected chi connectivity index (χ3v) is 3.12. The molecule has 1 aliphatic rings. The zero-order valence-corrected chi connectivity index (χ0v) is 9.10. The average Bonchev–Trinajstić information content (AvgIpc) is 2.31. The fourth-order valence-electron chi connectivity index (χ4n) is 2.33. The smallest absolute Gasteiger partial charge is 0.0397 e. The third-order valence-electron chi connectivity index (χ3n) is 3.12. The Labute approximate surface area is 91.3 Å². The summed E-state index contributed by atoms with van der Waals surface area (Å²) < 4.78 is 0. The lowest BCUT2D eigenvalue weighted by Crippen LogP contribution is -2.36. The van der Waals surface area contributed by atoms with Gasteiger partial charge in [0.05, 0.1) is 0 Å². The standard InChI is InChI=1S/C12H19N3/c13-6-3-11-2-1-9-15(10-11)12-4-7-14-8-5-12/h4-5,7-8,11H,1-3,6,9-10,13H2. The summed E-state index contributed by atoms with van der Waals surface area (Å²) in [5.41, 5.74) is 6.91. The van der Waals surface area contributed by atoms with Crippen molar-refractivity contribution in [2.45, 2.75) is 19.3 Å². The number of anilines is 1. The van der Waals surface area contributed by atoms with Gasteiger partial charge < -0.3 is 10.6 Å². The van der Waals surface area contributed by atoms with E-state index in [1.54, 1.807) is 0 Å². The Hall–Kier alpha value is -1.09. The van der Waals surface area contributed by atoms with Crippen molar-refractivity contribution in [1.29, 1.82) is 0 Å². The Kier molecular flexibility index (Phi) is 3.56. The normalized spacial score (nSPS) is 21.7. The summed E-state index contributed by atoms with van der Waals surface area (Å²) in [7, 11) is 0. The average molecular weight is 205 g/mol. The van der Waals surface area contributed by atoms with Crippen LogP contribution in [0.3, 0.4) is 0 Å². The lowest BCUT2D eigenvalue weighted by molar-refractivity contribution is 0.396. The number of piperidine rings is 1. The van der Waals surface area contributed by atoms with Crippen LogP contribution in [0.15, 0.2) is 24.5 Å². The van der Waals surface area contributed by atoms with Crippen molar-refractivity contribution < 1.29 is 0 Å². The quantitative estimate of drug-likeness (QED) is 0.815.